The van der Waals surface area contributed by atoms with Gasteiger partial charge in [0.05, 0.1) is 27.2 Å². The maximum atomic E-state index is 11.1. The van der Waals surface area contributed by atoms with Crippen LogP contribution in [0.5, 0.6) is 11.5 Å². The Kier molecular flexibility index (Phi) is 7.80. The van der Waals surface area contributed by atoms with E-state index in [4.69, 9.17) is 30.5 Å². The van der Waals surface area contributed by atoms with E-state index >= 15 is 0 Å². The summed E-state index contributed by atoms with van der Waals surface area (Å²) in [4.78, 5) is 12.5. The number of aliphatic hydroxyl groups excluding tert-OH is 2. The van der Waals surface area contributed by atoms with Crippen LogP contribution >= 0.6 is 11.6 Å². The summed E-state index contributed by atoms with van der Waals surface area (Å²) in [7, 11) is 3.23. The van der Waals surface area contributed by atoms with Gasteiger partial charge in [0, 0.05) is 0 Å². The molecule has 11 heteroatoms. The Morgan fingerprint density at radius 1 is 0.810 bits per heavy atom. The van der Waals surface area contributed by atoms with Crippen molar-refractivity contribution in [3.63, 3.8) is 0 Å². The lowest BCUT2D eigenvalue weighted by Crippen LogP contribution is -2.39. The molecule has 4 atom stereocenters. The second kappa shape index (κ2) is 11.7. The van der Waals surface area contributed by atoms with E-state index in [0.29, 0.717) is 22.7 Å². The SMILES string of the molecule is COc1ccc(C(OCC2OC(n3cnc4c(Cl)ncnc43)C(O)C2O)(c2ccccc2)c2ccc(OC)cc2)cc1. The van der Waals surface area contributed by atoms with Gasteiger partial charge in [-0.2, -0.15) is 0 Å². The Morgan fingerprint density at radius 2 is 1.40 bits per heavy atom. The van der Waals surface area contributed by atoms with Crippen molar-refractivity contribution in [2.24, 2.45) is 0 Å². The second-order valence-electron chi connectivity index (χ2n) is 9.85. The monoisotopic (exact) mass is 588 g/mol. The fourth-order valence-corrected chi connectivity index (χ4v) is 5.56. The first-order valence-corrected chi connectivity index (χ1v) is 13.7. The quantitative estimate of drug-likeness (QED) is 0.193. The molecule has 0 bridgehead atoms. The molecule has 42 heavy (non-hydrogen) atoms. The number of imidazole rings is 1. The maximum Gasteiger partial charge on any atom is 0.167 e. The van der Waals surface area contributed by atoms with Crippen molar-refractivity contribution in [2.75, 3.05) is 20.8 Å². The van der Waals surface area contributed by atoms with Crippen LogP contribution < -0.4 is 9.47 Å². The molecule has 1 fully saturated rings. The normalized spacial score (nSPS) is 20.6. The highest BCUT2D eigenvalue weighted by atomic mass is 35.5. The third-order valence-corrected chi connectivity index (χ3v) is 7.84. The second-order valence-corrected chi connectivity index (χ2v) is 10.2. The van der Waals surface area contributed by atoms with Crippen molar-refractivity contribution < 1.29 is 29.2 Å². The smallest absolute Gasteiger partial charge is 0.167 e. The minimum absolute atomic E-state index is 0.0654. The highest BCUT2D eigenvalue weighted by Gasteiger charge is 2.47. The summed E-state index contributed by atoms with van der Waals surface area (Å²) < 4.78 is 25.4. The van der Waals surface area contributed by atoms with E-state index in [1.54, 1.807) is 14.2 Å². The number of halogens is 1. The molecule has 0 aliphatic carbocycles. The summed E-state index contributed by atoms with van der Waals surface area (Å²) in [5.74, 6) is 1.40. The lowest BCUT2D eigenvalue weighted by atomic mass is 9.80. The molecule has 1 saturated heterocycles. The van der Waals surface area contributed by atoms with Gasteiger partial charge in [-0.3, -0.25) is 4.57 Å². The van der Waals surface area contributed by atoms with Crippen molar-refractivity contribution in [3.8, 4) is 11.5 Å². The topological polar surface area (TPSA) is 121 Å². The van der Waals surface area contributed by atoms with Crippen LogP contribution in [-0.2, 0) is 15.1 Å². The van der Waals surface area contributed by atoms with Crippen LogP contribution in [0.25, 0.3) is 11.2 Å². The number of aromatic nitrogens is 4. The Bertz CT molecular complexity index is 1600. The fraction of sp³-hybridized carbons (Fsp3) is 0.258. The van der Waals surface area contributed by atoms with E-state index in [0.717, 1.165) is 16.7 Å². The van der Waals surface area contributed by atoms with Crippen LogP contribution in [-0.4, -0.2) is 68.9 Å². The molecule has 3 heterocycles. The molecule has 0 amide bonds. The highest BCUT2D eigenvalue weighted by molar-refractivity contribution is 6.33. The first-order valence-electron chi connectivity index (χ1n) is 13.3. The predicted octanol–water partition coefficient (Wildman–Crippen LogP) is 4.12. The Labute approximate surface area is 247 Å². The van der Waals surface area contributed by atoms with E-state index in [9.17, 15) is 10.2 Å². The highest BCUT2D eigenvalue weighted by Crippen LogP contribution is 2.43. The molecule has 1 aliphatic rings. The number of methoxy groups -OCH3 is 2. The third-order valence-electron chi connectivity index (χ3n) is 7.56. The van der Waals surface area contributed by atoms with Crippen LogP contribution in [0.1, 0.15) is 22.9 Å². The number of hydrogen-bond acceptors (Lipinski definition) is 9. The van der Waals surface area contributed by atoms with Crippen LogP contribution in [0.15, 0.2) is 91.5 Å². The van der Waals surface area contributed by atoms with Gasteiger partial charge in [0.25, 0.3) is 0 Å². The molecule has 0 spiro atoms. The number of aliphatic hydroxyl groups is 2. The van der Waals surface area contributed by atoms with Crippen LogP contribution in [0.4, 0.5) is 0 Å². The van der Waals surface area contributed by atoms with Gasteiger partial charge < -0.3 is 29.2 Å². The van der Waals surface area contributed by atoms with Gasteiger partial charge in [-0.1, -0.05) is 66.2 Å². The number of ether oxygens (including phenoxy) is 4. The molecule has 10 nitrogen and oxygen atoms in total. The van der Waals surface area contributed by atoms with Crippen LogP contribution in [0.2, 0.25) is 5.15 Å². The number of benzene rings is 3. The summed E-state index contributed by atoms with van der Waals surface area (Å²) in [5, 5.41) is 22.3. The number of nitrogens with zero attached hydrogens (tertiary/aromatic N) is 4. The van der Waals surface area contributed by atoms with Crippen molar-refractivity contribution in [3.05, 3.63) is 113 Å². The van der Waals surface area contributed by atoms with Gasteiger partial charge in [0.2, 0.25) is 0 Å². The molecule has 1 aliphatic heterocycles. The molecule has 216 valence electrons. The standard InChI is InChI=1S/C31H29ClN4O6/c1-39-22-12-8-20(9-13-22)31(19-6-4-3-5-7-19,21-10-14-23(40-2)15-11-21)41-16-24-26(37)27(38)30(42-24)36-18-35-25-28(32)33-17-34-29(25)36/h3-15,17-18,24,26-27,30,37-38H,16H2,1-2H3. The Morgan fingerprint density at radius 3 is 2.00 bits per heavy atom. The minimum atomic E-state index is -1.28. The molecule has 0 radical (unpaired) electrons. The summed E-state index contributed by atoms with van der Waals surface area (Å²) in [6, 6.07) is 25.1. The number of hydrogen-bond donors (Lipinski definition) is 2. The van der Waals surface area contributed by atoms with Crippen molar-refractivity contribution >= 4 is 22.8 Å². The molecule has 6 rings (SSSR count). The summed E-state index contributed by atoms with van der Waals surface area (Å²) in [5.41, 5.74) is 2.15. The van der Waals surface area contributed by atoms with Crippen molar-refractivity contribution in [2.45, 2.75) is 30.1 Å². The first-order chi connectivity index (χ1) is 20.5. The van der Waals surface area contributed by atoms with Gasteiger partial charge in [-0.25, -0.2) is 15.0 Å². The molecule has 0 saturated carbocycles. The molecule has 2 aromatic heterocycles. The van der Waals surface area contributed by atoms with E-state index in [1.807, 2.05) is 78.9 Å². The average Bonchev–Trinajstić information content (AvgIpc) is 3.59. The minimum Gasteiger partial charge on any atom is -0.497 e. The van der Waals surface area contributed by atoms with Crippen molar-refractivity contribution in [1.29, 1.82) is 0 Å². The lowest BCUT2D eigenvalue weighted by Gasteiger charge is -2.37. The number of rotatable bonds is 9. The van der Waals surface area contributed by atoms with Gasteiger partial charge in [0.1, 0.15) is 47.3 Å². The van der Waals surface area contributed by atoms with E-state index in [2.05, 4.69) is 15.0 Å². The molecule has 2 N–H and O–H groups in total. The van der Waals surface area contributed by atoms with Gasteiger partial charge in [-0.15, -0.1) is 0 Å². The zero-order valence-electron chi connectivity index (χ0n) is 22.9. The summed E-state index contributed by atoms with van der Waals surface area (Å²) >= 11 is 6.17. The molecule has 3 aromatic carbocycles. The van der Waals surface area contributed by atoms with Crippen LogP contribution in [0, 0.1) is 0 Å². The van der Waals surface area contributed by atoms with Gasteiger partial charge in [-0.05, 0) is 41.0 Å². The molecular weight excluding hydrogens is 560 g/mol. The first kappa shape index (κ1) is 28.1. The summed E-state index contributed by atoms with van der Waals surface area (Å²) in [6.45, 7) is -0.0654. The maximum absolute atomic E-state index is 11.1. The molecule has 4 unspecified atom stereocenters. The van der Waals surface area contributed by atoms with E-state index < -0.39 is 30.1 Å². The predicted molar refractivity (Wildman–Crippen MR) is 155 cm³/mol. The van der Waals surface area contributed by atoms with Gasteiger partial charge in [0.15, 0.2) is 17.0 Å². The third kappa shape index (κ3) is 4.87. The van der Waals surface area contributed by atoms with Crippen molar-refractivity contribution in [1.82, 2.24) is 19.5 Å². The largest absolute Gasteiger partial charge is 0.497 e. The zero-order chi connectivity index (χ0) is 29.3. The molecule has 5 aromatic rings. The molecular formula is C31H29ClN4O6. The average molecular weight is 589 g/mol. The number of fused-ring (bicyclic) bond motifs is 1. The Hall–Kier alpha value is -4.06. The van der Waals surface area contributed by atoms with Crippen LogP contribution in [0.3, 0.4) is 0 Å². The lowest BCUT2D eigenvalue weighted by molar-refractivity contribution is -0.0942. The zero-order valence-corrected chi connectivity index (χ0v) is 23.6. The van der Waals surface area contributed by atoms with E-state index in [-0.39, 0.29) is 11.8 Å². The Balaban J connectivity index is 1.39. The van der Waals surface area contributed by atoms with E-state index in [1.165, 1.54) is 17.2 Å². The summed E-state index contributed by atoms with van der Waals surface area (Å²) in [6.07, 6.45) is -1.64. The van der Waals surface area contributed by atoms with Gasteiger partial charge >= 0.3 is 0 Å². The fourth-order valence-electron chi connectivity index (χ4n) is 5.39.